The lowest BCUT2D eigenvalue weighted by atomic mass is 10.2. The van der Waals surface area contributed by atoms with E-state index in [0.29, 0.717) is 6.04 Å². The van der Waals surface area contributed by atoms with Gasteiger partial charge in [-0.3, -0.25) is 4.79 Å². The summed E-state index contributed by atoms with van der Waals surface area (Å²) in [4.78, 5) is 14.8. The molecule has 0 saturated heterocycles. The largest absolute Gasteiger partial charge is 0.340 e. The molecule has 0 radical (unpaired) electrons. The molecule has 1 aliphatic rings. The van der Waals surface area contributed by atoms with E-state index in [-0.39, 0.29) is 5.56 Å². The standard InChI is InChI=1S/C13H16N2O/c1-9-8-10-6-7-15(11-4-2-3-5-11)12(10)13(16)14-9/h6-8,11H,2-5H2,1H3,(H,14,16). The highest BCUT2D eigenvalue weighted by molar-refractivity contribution is 5.79. The van der Waals surface area contributed by atoms with Crippen LogP contribution in [-0.4, -0.2) is 9.55 Å². The molecule has 0 spiro atoms. The second kappa shape index (κ2) is 3.51. The van der Waals surface area contributed by atoms with E-state index < -0.39 is 0 Å². The van der Waals surface area contributed by atoms with Crippen LogP contribution in [0.3, 0.4) is 0 Å². The van der Waals surface area contributed by atoms with Crippen LogP contribution in [0.5, 0.6) is 0 Å². The predicted molar refractivity (Wildman–Crippen MR) is 64.8 cm³/mol. The number of pyridine rings is 1. The van der Waals surface area contributed by atoms with Gasteiger partial charge in [0.05, 0.1) is 0 Å². The van der Waals surface area contributed by atoms with Gasteiger partial charge >= 0.3 is 0 Å². The number of rotatable bonds is 1. The van der Waals surface area contributed by atoms with E-state index in [0.717, 1.165) is 16.6 Å². The molecule has 1 saturated carbocycles. The van der Waals surface area contributed by atoms with Crippen LogP contribution in [0.4, 0.5) is 0 Å². The predicted octanol–water partition coefficient (Wildman–Crippen LogP) is 2.75. The van der Waals surface area contributed by atoms with E-state index in [1.54, 1.807) is 0 Å². The topological polar surface area (TPSA) is 37.8 Å². The number of aromatic nitrogens is 2. The quantitative estimate of drug-likeness (QED) is 0.782. The summed E-state index contributed by atoms with van der Waals surface area (Å²) >= 11 is 0. The van der Waals surface area contributed by atoms with Gasteiger partial charge in [-0.25, -0.2) is 0 Å². The van der Waals surface area contributed by atoms with Crippen molar-refractivity contribution in [2.45, 2.75) is 38.6 Å². The van der Waals surface area contributed by atoms with Crippen LogP contribution in [0, 0.1) is 6.92 Å². The summed E-state index contributed by atoms with van der Waals surface area (Å²) in [6.07, 6.45) is 7.05. The molecule has 0 bridgehead atoms. The Kier molecular flexibility index (Phi) is 2.13. The molecule has 3 nitrogen and oxygen atoms in total. The maximum atomic E-state index is 12.0. The van der Waals surface area contributed by atoms with Gasteiger partial charge in [-0.15, -0.1) is 0 Å². The summed E-state index contributed by atoms with van der Waals surface area (Å²) in [6, 6.07) is 4.62. The van der Waals surface area contributed by atoms with Crippen LogP contribution in [0.15, 0.2) is 23.1 Å². The SMILES string of the molecule is Cc1cc2ccn(C3CCCC3)c2c(=O)[nH]1. The number of hydrogen-bond acceptors (Lipinski definition) is 1. The van der Waals surface area contributed by atoms with Crippen molar-refractivity contribution in [2.24, 2.45) is 0 Å². The molecule has 3 heteroatoms. The van der Waals surface area contributed by atoms with Gasteiger partial charge in [0.1, 0.15) is 5.52 Å². The molecule has 16 heavy (non-hydrogen) atoms. The van der Waals surface area contributed by atoms with Crippen molar-refractivity contribution in [1.82, 2.24) is 9.55 Å². The third-order valence-corrected chi connectivity index (χ3v) is 3.56. The Morgan fingerprint density at radius 1 is 1.38 bits per heavy atom. The number of H-pyrrole nitrogens is 1. The van der Waals surface area contributed by atoms with Gasteiger partial charge < -0.3 is 9.55 Å². The van der Waals surface area contributed by atoms with Crippen molar-refractivity contribution in [2.75, 3.05) is 0 Å². The fourth-order valence-electron chi connectivity index (χ4n) is 2.82. The molecule has 2 aromatic rings. The van der Waals surface area contributed by atoms with Crippen LogP contribution in [0.1, 0.15) is 37.4 Å². The van der Waals surface area contributed by atoms with Gasteiger partial charge in [0.15, 0.2) is 0 Å². The number of nitrogens with one attached hydrogen (secondary N) is 1. The molecular weight excluding hydrogens is 200 g/mol. The van der Waals surface area contributed by atoms with E-state index in [2.05, 4.69) is 21.8 Å². The number of fused-ring (bicyclic) bond motifs is 1. The summed E-state index contributed by atoms with van der Waals surface area (Å²) in [5.41, 5.74) is 1.83. The summed E-state index contributed by atoms with van der Waals surface area (Å²) in [5, 5.41) is 1.06. The molecule has 0 aromatic carbocycles. The van der Waals surface area contributed by atoms with Crippen molar-refractivity contribution in [3.8, 4) is 0 Å². The summed E-state index contributed by atoms with van der Waals surface area (Å²) in [5.74, 6) is 0. The van der Waals surface area contributed by atoms with E-state index in [1.807, 2.05) is 13.0 Å². The molecule has 3 rings (SSSR count). The van der Waals surface area contributed by atoms with Crippen molar-refractivity contribution >= 4 is 10.9 Å². The lowest BCUT2D eigenvalue weighted by molar-refractivity contribution is 0.534. The van der Waals surface area contributed by atoms with Crippen LogP contribution in [0.2, 0.25) is 0 Å². The van der Waals surface area contributed by atoms with Crippen molar-refractivity contribution < 1.29 is 0 Å². The maximum absolute atomic E-state index is 12.0. The molecule has 0 aliphatic heterocycles. The summed E-state index contributed by atoms with van der Waals surface area (Å²) in [7, 11) is 0. The first kappa shape index (κ1) is 9.70. The fourth-order valence-corrected chi connectivity index (χ4v) is 2.82. The molecule has 0 unspecified atom stereocenters. The summed E-state index contributed by atoms with van der Waals surface area (Å²) < 4.78 is 2.17. The van der Waals surface area contributed by atoms with E-state index in [4.69, 9.17) is 0 Å². The van der Waals surface area contributed by atoms with E-state index in [9.17, 15) is 4.79 Å². The van der Waals surface area contributed by atoms with Gasteiger partial charge in [-0.05, 0) is 31.9 Å². The van der Waals surface area contributed by atoms with Gasteiger partial charge in [0.2, 0.25) is 0 Å². The first-order chi connectivity index (χ1) is 7.75. The van der Waals surface area contributed by atoms with Gasteiger partial charge in [-0.2, -0.15) is 0 Å². The fraction of sp³-hybridized carbons (Fsp3) is 0.462. The smallest absolute Gasteiger partial charge is 0.272 e. The third kappa shape index (κ3) is 1.39. The lowest BCUT2D eigenvalue weighted by Gasteiger charge is -2.12. The number of aryl methyl sites for hydroxylation is 1. The molecule has 84 valence electrons. The zero-order valence-corrected chi connectivity index (χ0v) is 9.49. The zero-order chi connectivity index (χ0) is 11.1. The number of hydrogen-bond donors (Lipinski definition) is 1. The Balaban J connectivity index is 2.22. The number of nitrogens with zero attached hydrogens (tertiary/aromatic N) is 1. The minimum absolute atomic E-state index is 0.0481. The second-order valence-electron chi connectivity index (χ2n) is 4.75. The minimum Gasteiger partial charge on any atom is -0.340 e. The first-order valence-corrected chi connectivity index (χ1v) is 5.96. The van der Waals surface area contributed by atoms with Crippen LogP contribution in [-0.2, 0) is 0 Å². The summed E-state index contributed by atoms with van der Waals surface area (Å²) in [6.45, 7) is 1.92. The molecule has 0 amide bonds. The maximum Gasteiger partial charge on any atom is 0.272 e. The van der Waals surface area contributed by atoms with E-state index >= 15 is 0 Å². The Labute approximate surface area is 94.1 Å². The molecule has 2 heterocycles. The molecule has 1 N–H and O–H groups in total. The third-order valence-electron chi connectivity index (χ3n) is 3.56. The van der Waals surface area contributed by atoms with Gasteiger partial charge in [0.25, 0.3) is 5.56 Å². The normalized spacial score (nSPS) is 17.3. The van der Waals surface area contributed by atoms with Gasteiger partial charge in [0, 0.05) is 23.3 Å². The average Bonchev–Trinajstić information content (AvgIpc) is 2.82. The zero-order valence-electron chi connectivity index (χ0n) is 9.49. The highest BCUT2D eigenvalue weighted by atomic mass is 16.1. The Bertz CT molecular complexity index is 573. The van der Waals surface area contributed by atoms with E-state index in [1.165, 1.54) is 25.7 Å². The Morgan fingerprint density at radius 2 is 2.12 bits per heavy atom. The Hall–Kier alpha value is -1.51. The van der Waals surface area contributed by atoms with Gasteiger partial charge in [-0.1, -0.05) is 12.8 Å². The van der Waals surface area contributed by atoms with Crippen LogP contribution in [0.25, 0.3) is 10.9 Å². The molecule has 1 aliphatic carbocycles. The van der Waals surface area contributed by atoms with Crippen LogP contribution >= 0.6 is 0 Å². The molecule has 0 atom stereocenters. The molecule has 1 fully saturated rings. The Morgan fingerprint density at radius 3 is 2.88 bits per heavy atom. The van der Waals surface area contributed by atoms with Crippen molar-refractivity contribution in [1.29, 1.82) is 0 Å². The minimum atomic E-state index is 0.0481. The van der Waals surface area contributed by atoms with Crippen molar-refractivity contribution in [3.05, 3.63) is 34.4 Å². The highest BCUT2D eigenvalue weighted by Crippen LogP contribution is 2.31. The average molecular weight is 216 g/mol. The lowest BCUT2D eigenvalue weighted by Crippen LogP contribution is -2.14. The monoisotopic (exact) mass is 216 g/mol. The van der Waals surface area contributed by atoms with Crippen LogP contribution < -0.4 is 5.56 Å². The molecule has 2 aromatic heterocycles. The number of aromatic amines is 1. The van der Waals surface area contributed by atoms with Crippen molar-refractivity contribution in [3.63, 3.8) is 0 Å². The second-order valence-corrected chi connectivity index (χ2v) is 4.75. The first-order valence-electron chi connectivity index (χ1n) is 5.96. The molecular formula is C13H16N2O. The highest BCUT2D eigenvalue weighted by Gasteiger charge is 2.19.